The highest BCUT2D eigenvalue weighted by Crippen LogP contribution is 2.67. The molecule has 2 spiro atoms. The predicted molar refractivity (Wildman–Crippen MR) is 123 cm³/mol. The first-order chi connectivity index (χ1) is 15.9. The van der Waals surface area contributed by atoms with E-state index >= 15 is 0 Å². The Morgan fingerprint density at radius 2 is 1.97 bits per heavy atom. The number of piperazine rings is 1. The minimum Gasteiger partial charge on any atom is -0.785 e. The molecule has 0 radical (unpaired) electrons. The van der Waals surface area contributed by atoms with Gasteiger partial charge in [0.25, 0.3) is 0 Å². The molecular formula is C26H36N3O5-. The summed E-state index contributed by atoms with van der Waals surface area (Å²) in [4.78, 5) is 29.2. The molecule has 2 bridgehead atoms. The van der Waals surface area contributed by atoms with Crippen molar-refractivity contribution in [3.05, 3.63) is 17.4 Å². The number of nitrogens with zero attached hydrogens (tertiary/aromatic N) is 2. The maximum absolute atomic E-state index is 14.1. The maximum atomic E-state index is 14.1. The Labute approximate surface area is 200 Å². The van der Waals surface area contributed by atoms with Crippen LogP contribution in [0.1, 0.15) is 66.2 Å². The number of hydrogen-bond donors (Lipinski definition) is 2. The van der Waals surface area contributed by atoms with Gasteiger partial charge in [-0.25, -0.2) is 0 Å². The van der Waals surface area contributed by atoms with Gasteiger partial charge in [-0.3, -0.25) is 9.59 Å². The molecule has 0 aromatic heterocycles. The average molecular weight is 471 g/mol. The first kappa shape index (κ1) is 21.8. The first-order valence-electron chi connectivity index (χ1n) is 13.1. The highest BCUT2D eigenvalue weighted by atomic mass is 16.5. The molecule has 8 rings (SSSR count). The van der Waals surface area contributed by atoms with Crippen molar-refractivity contribution < 1.29 is 19.4 Å². The summed E-state index contributed by atoms with van der Waals surface area (Å²) in [5.74, 6) is -0.649. The van der Waals surface area contributed by atoms with Crippen molar-refractivity contribution >= 4 is 11.8 Å². The van der Waals surface area contributed by atoms with Crippen LogP contribution in [0.25, 0.3) is 0 Å². The van der Waals surface area contributed by atoms with Gasteiger partial charge in [0, 0.05) is 42.8 Å². The fourth-order valence-corrected chi connectivity index (χ4v) is 9.89. The van der Waals surface area contributed by atoms with E-state index in [1.807, 2.05) is 33.8 Å². The number of piperidine rings is 2. The molecule has 7 fully saturated rings. The summed E-state index contributed by atoms with van der Waals surface area (Å²) >= 11 is 0. The van der Waals surface area contributed by atoms with Gasteiger partial charge in [0.1, 0.15) is 11.1 Å². The topological polar surface area (TPSA) is 105 Å². The Balaban J connectivity index is 1.35. The lowest BCUT2D eigenvalue weighted by Gasteiger charge is -2.69. The second-order valence-corrected chi connectivity index (χ2v) is 13.4. The quantitative estimate of drug-likeness (QED) is 0.522. The number of fused-ring (bicyclic) bond motifs is 6. The molecular weight excluding hydrogens is 434 g/mol. The monoisotopic (exact) mass is 470 g/mol. The summed E-state index contributed by atoms with van der Waals surface area (Å²) in [7, 11) is 0. The fraction of sp³-hybridized carbons (Fsp3) is 0.846. The van der Waals surface area contributed by atoms with Crippen LogP contribution in [0.2, 0.25) is 0 Å². The standard InChI is InChI=1S/C26H36N3O5/c1-22(2)10-8-14-16(34-22)7-6-15-18(14)29(33)19-23(3,4)17-12-24-9-5-11-28(24)21(31)25(17,27-20(24)30)13-26(15,19)32/h8,10,14-19,32H,5-7,9,11-13H2,1-4H3,(H,27,30)/q-1. The third-order valence-electron chi connectivity index (χ3n) is 11.0. The Morgan fingerprint density at radius 3 is 2.74 bits per heavy atom. The molecule has 0 aromatic carbocycles. The van der Waals surface area contributed by atoms with E-state index in [1.54, 1.807) is 4.90 Å². The zero-order valence-corrected chi connectivity index (χ0v) is 20.5. The van der Waals surface area contributed by atoms with Gasteiger partial charge in [0.05, 0.1) is 17.3 Å². The second-order valence-electron chi connectivity index (χ2n) is 13.4. The van der Waals surface area contributed by atoms with Crippen LogP contribution < -0.4 is 5.32 Å². The number of hydroxylamine groups is 2. The molecule has 9 unspecified atom stereocenters. The van der Waals surface area contributed by atoms with Crippen LogP contribution >= 0.6 is 0 Å². The largest absolute Gasteiger partial charge is 0.785 e. The zero-order valence-electron chi connectivity index (χ0n) is 20.5. The minimum absolute atomic E-state index is 0.0435. The number of carbonyl (C=O) groups is 2. The van der Waals surface area contributed by atoms with Crippen molar-refractivity contribution in [3.63, 3.8) is 0 Å². The summed E-state index contributed by atoms with van der Waals surface area (Å²) in [5.41, 5.74) is -4.28. The van der Waals surface area contributed by atoms with Crippen molar-refractivity contribution in [3.8, 4) is 0 Å². The average Bonchev–Trinajstić information content (AvgIpc) is 3.27. The van der Waals surface area contributed by atoms with Crippen molar-refractivity contribution in [2.75, 3.05) is 6.54 Å². The molecule has 0 aromatic rings. The maximum Gasteiger partial charge on any atom is 0.249 e. The molecule has 8 aliphatic rings. The molecule has 6 heterocycles. The van der Waals surface area contributed by atoms with Crippen molar-refractivity contribution in [2.24, 2.45) is 23.2 Å². The van der Waals surface area contributed by atoms with E-state index in [0.29, 0.717) is 25.8 Å². The van der Waals surface area contributed by atoms with Gasteiger partial charge in [0.2, 0.25) is 11.8 Å². The smallest absolute Gasteiger partial charge is 0.249 e. The highest BCUT2D eigenvalue weighted by molar-refractivity contribution is 6.05. The van der Waals surface area contributed by atoms with Crippen LogP contribution in [-0.4, -0.2) is 73.9 Å². The first-order valence-corrected chi connectivity index (χ1v) is 13.1. The van der Waals surface area contributed by atoms with Gasteiger partial charge in [-0.15, -0.1) is 0 Å². The summed E-state index contributed by atoms with van der Waals surface area (Å²) in [6, 6.07) is -1.01. The number of ether oxygens (including phenoxy) is 1. The van der Waals surface area contributed by atoms with Gasteiger partial charge >= 0.3 is 0 Å². The molecule has 2 saturated carbocycles. The van der Waals surface area contributed by atoms with Gasteiger partial charge in [-0.05, 0) is 51.4 Å². The van der Waals surface area contributed by atoms with Crippen LogP contribution in [-0.2, 0) is 14.3 Å². The molecule has 186 valence electrons. The number of nitrogens with one attached hydrogen (secondary N) is 1. The summed E-state index contributed by atoms with van der Waals surface area (Å²) in [5, 5.41) is 31.0. The summed E-state index contributed by atoms with van der Waals surface area (Å²) in [6.45, 7) is 8.75. The van der Waals surface area contributed by atoms with Gasteiger partial charge in [-0.2, -0.15) is 0 Å². The predicted octanol–water partition coefficient (Wildman–Crippen LogP) is 1.71. The molecule has 8 nitrogen and oxygen atoms in total. The summed E-state index contributed by atoms with van der Waals surface area (Å²) in [6.07, 6.45) is 7.77. The zero-order chi connectivity index (χ0) is 24.1. The highest BCUT2D eigenvalue weighted by Gasteiger charge is 2.79. The fourth-order valence-electron chi connectivity index (χ4n) is 9.89. The molecule has 5 saturated heterocycles. The number of carbonyl (C=O) groups excluding carboxylic acids is 2. The van der Waals surface area contributed by atoms with Crippen LogP contribution in [0.4, 0.5) is 0 Å². The second kappa shape index (κ2) is 6.07. The van der Waals surface area contributed by atoms with Crippen molar-refractivity contribution in [1.82, 2.24) is 15.3 Å². The van der Waals surface area contributed by atoms with E-state index in [2.05, 4.69) is 11.4 Å². The number of amides is 2. The molecule has 2 N–H and O–H groups in total. The van der Waals surface area contributed by atoms with Crippen LogP contribution in [0.3, 0.4) is 0 Å². The lowest BCUT2D eigenvalue weighted by atomic mass is 9.45. The van der Waals surface area contributed by atoms with Gasteiger partial charge in [-0.1, -0.05) is 26.0 Å². The molecule has 6 aliphatic heterocycles. The van der Waals surface area contributed by atoms with E-state index in [0.717, 1.165) is 12.8 Å². The third kappa shape index (κ3) is 2.22. The lowest BCUT2D eigenvalue weighted by molar-refractivity contribution is -0.214. The van der Waals surface area contributed by atoms with Gasteiger partial charge < -0.3 is 30.3 Å². The summed E-state index contributed by atoms with van der Waals surface area (Å²) < 4.78 is 6.34. The number of hydrogen-bond acceptors (Lipinski definition) is 6. The lowest BCUT2D eigenvalue weighted by Crippen LogP contribution is -2.87. The van der Waals surface area contributed by atoms with E-state index in [1.165, 1.54) is 5.06 Å². The Hall–Kier alpha value is -1.48. The van der Waals surface area contributed by atoms with E-state index in [-0.39, 0.29) is 47.7 Å². The van der Waals surface area contributed by atoms with Gasteiger partial charge in [0.15, 0.2) is 0 Å². The number of aliphatic hydroxyl groups is 1. The number of rotatable bonds is 0. The van der Waals surface area contributed by atoms with Crippen LogP contribution in [0, 0.1) is 28.4 Å². The minimum atomic E-state index is -1.35. The van der Waals surface area contributed by atoms with E-state index in [9.17, 15) is 19.9 Å². The van der Waals surface area contributed by atoms with Crippen molar-refractivity contribution in [1.29, 1.82) is 0 Å². The molecule has 2 aliphatic carbocycles. The molecule has 2 amide bonds. The third-order valence-corrected chi connectivity index (χ3v) is 11.0. The van der Waals surface area contributed by atoms with Crippen molar-refractivity contribution in [2.45, 2.75) is 107 Å². The van der Waals surface area contributed by atoms with E-state index < -0.39 is 34.2 Å². The SMILES string of the molecule is CC1(C)C=CC2C(CCC3C2N([O-])C2C(C)(C)C4CC56CCCN5C(=O)C4(CC32O)NC6=O)O1. The van der Waals surface area contributed by atoms with E-state index in [4.69, 9.17) is 4.74 Å². The molecule has 8 heteroatoms. The van der Waals surface area contributed by atoms with Crippen LogP contribution in [0.5, 0.6) is 0 Å². The Morgan fingerprint density at radius 1 is 1.21 bits per heavy atom. The Kier molecular flexibility index (Phi) is 3.89. The Bertz CT molecular complexity index is 1030. The van der Waals surface area contributed by atoms with Crippen LogP contribution in [0.15, 0.2) is 12.2 Å². The molecule has 9 atom stereocenters. The molecule has 34 heavy (non-hydrogen) atoms. The normalized spacial score (nSPS) is 54.1.